The van der Waals surface area contributed by atoms with E-state index in [1.165, 1.54) is 6.92 Å². The Morgan fingerprint density at radius 2 is 2.06 bits per heavy atom. The van der Waals surface area contributed by atoms with Crippen molar-refractivity contribution in [3.63, 3.8) is 0 Å². The Morgan fingerprint density at radius 1 is 1.44 bits per heavy atom. The van der Waals surface area contributed by atoms with Crippen molar-refractivity contribution >= 4 is 27.8 Å². The fourth-order valence-electron chi connectivity index (χ4n) is 1.25. The summed E-state index contributed by atoms with van der Waals surface area (Å²) in [5.74, 6) is -0.660. The van der Waals surface area contributed by atoms with Gasteiger partial charge in [-0.15, -0.1) is 0 Å². The van der Waals surface area contributed by atoms with Crippen molar-refractivity contribution in [1.29, 1.82) is 0 Å². The van der Waals surface area contributed by atoms with E-state index in [9.17, 15) is 9.59 Å². The zero-order valence-electron chi connectivity index (χ0n) is 9.88. The molecule has 1 unspecified atom stereocenters. The topological polar surface area (TPSA) is 55.4 Å². The maximum atomic E-state index is 11.7. The number of rotatable bonds is 6. The van der Waals surface area contributed by atoms with Crippen LogP contribution in [0.25, 0.3) is 0 Å². The Morgan fingerprint density at radius 3 is 2.50 bits per heavy atom. The van der Waals surface area contributed by atoms with E-state index in [4.69, 9.17) is 4.74 Å². The standard InChI is InChI=1S/C11H18BrNO3/c1-4-16-10(15)11(3,13-9(2)14)7-5-6-8-12/h5-6H,4,7-8H2,1-3H3,(H,13,14)/b6-5+. The number of alkyl halides is 1. The molecule has 0 saturated heterocycles. The van der Waals surface area contributed by atoms with Crippen LogP contribution >= 0.6 is 15.9 Å². The van der Waals surface area contributed by atoms with Crippen molar-refractivity contribution in [2.45, 2.75) is 32.7 Å². The average molecular weight is 292 g/mol. The van der Waals surface area contributed by atoms with Crippen LogP contribution in [0.4, 0.5) is 0 Å². The normalized spacial score (nSPS) is 14.5. The molecule has 0 fully saturated rings. The molecule has 1 amide bonds. The van der Waals surface area contributed by atoms with Gasteiger partial charge in [0.2, 0.25) is 5.91 Å². The number of carbonyl (C=O) groups excluding carboxylic acids is 2. The van der Waals surface area contributed by atoms with Gasteiger partial charge in [-0.2, -0.15) is 0 Å². The number of esters is 1. The van der Waals surface area contributed by atoms with E-state index in [-0.39, 0.29) is 5.91 Å². The van der Waals surface area contributed by atoms with Crippen LogP contribution in [0.2, 0.25) is 0 Å². The number of hydrogen-bond acceptors (Lipinski definition) is 3. The quantitative estimate of drug-likeness (QED) is 0.461. The number of allylic oxidation sites excluding steroid dienone is 1. The summed E-state index contributed by atoms with van der Waals surface area (Å²) in [6, 6.07) is 0. The molecule has 0 aliphatic heterocycles. The van der Waals surface area contributed by atoms with Gasteiger partial charge in [-0.1, -0.05) is 28.1 Å². The van der Waals surface area contributed by atoms with Crippen molar-refractivity contribution in [2.75, 3.05) is 11.9 Å². The van der Waals surface area contributed by atoms with E-state index in [1.807, 2.05) is 12.2 Å². The van der Waals surface area contributed by atoms with Gasteiger partial charge in [0, 0.05) is 12.3 Å². The fraction of sp³-hybridized carbons (Fsp3) is 0.636. The Labute approximate surface area is 105 Å². The monoisotopic (exact) mass is 291 g/mol. The molecule has 0 saturated carbocycles. The molecule has 0 aliphatic rings. The molecule has 0 heterocycles. The summed E-state index contributed by atoms with van der Waals surface area (Å²) >= 11 is 3.25. The molecule has 0 spiro atoms. The number of halogens is 1. The minimum atomic E-state index is -0.986. The second-order valence-corrected chi connectivity index (χ2v) is 4.21. The van der Waals surface area contributed by atoms with Gasteiger partial charge in [0.05, 0.1) is 6.61 Å². The van der Waals surface area contributed by atoms with Crippen LogP contribution in [0.3, 0.4) is 0 Å². The molecular formula is C11H18BrNO3. The number of carbonyl (C=O) groups is 2. The maximum absolute atomic E-state index is 11.7. The summed E-state index contributed by atoms with van der Waals surface area (Å²) in [5, 5.41) is 3.33. The van der Waals surface area contributed by atoms with Gasteiger partial charge in [0.15, 0.2) is 0 Å². The third kappa shape index (κ3) is 5.30. The van der Waals surface area contributed by atoms with Crippen molar-refractivity contribution in [3.8, 4) is 0 Å². The van der Waals surface area contributed by atoms with Gasteiger partial charge in [-0.05, 0) is 20.3 Å². The molecule has 1 N–H and O–H groups in total. The first-order valence-electron chi connectivity index (χ1n) is 5.13. The summed E-state index contributed by atoms with van der Waals surface area (Å²) < 4.78 is 4.94. The zero-order chi connectivity index (χ0) is 12.6. The van der Waals surface area contributed by atoms with Gasteiger partial charge < -0.3 is 10.1 Å². The minimum absolute atomic E-state index is 0.247. The Bertz CT molecular complexity index is 278. The highest BCUT2D eigenvalue weighted by Gasteiger charge is 2.34. The second kappa shape index (κ2) is 7.44. The Hall–Kier alpha value is -0.840. The molecule has 4 nitrogen and oxygen atoms in total. The van der Waals surface area contributed by atoms with Crippen molar-refractivity contribution in [1.82, 2.24) is 5.32 Å². The predicted octanol–water partition coefficient (Wildman–Crippen LogP) is 1.79. The average Bonchev–Trinajstić information content (AvgIpc) is 2.17. The fourth-order valence-corrected chi connectivity index (χ4v) is 1.51. The second-order valence-electron chi connectivity index (χ2n) is 3.56. The molecule has 0 rings (SSSR count). The summed E-state index contributed by atoms with van der Waals surface area (Å²) in [6.07, 6.45) is 4.12. The van der Waals surface area contributed by atoms with Crippen LogP contribution in [0.15, 0.2) is 12.2 Å². The van der Waals surface area contributed by atoms with Crippen LogP contribution in [0.5, 0.6) is 0 Å². The molecule has 0 radical (unpaired) electrons. The summed E-state index contributed by atoms with van der Waals surface area (Å²) in [7, 11) is 0. The lowest BCUT2D eigenvalue weighted by Gasteiger charge is -2.26. The van der Waals surface area contributed by atoms with E-state index in [2.05, 4.69) is 21.2 Å². The number of hydrogen-bond donors (Lipinski definition) is 1. The van der Waals surface area contributed by atoms with E-state index in [1.54, 1.807) is 13.8 Å². The lowest BCUT2D eigenvalue weighted by molar-refractivity contribution is -0.152. The van der Waals surface area contributed by atoms with E-state index in [0.29, 0.717) is 18.4 Å². The summed E-state index contributed by atoms with van der Waals surface area (Å²) in [4.78, 5) is 22.8. The molecule has 0 aliphatic carbocycles. The highest BCUT2D eigenvalue weighted by atomic mass is 79.9. The predicted molar refractivity (Wildman–Crippen MR) is 66.4 cm³/mol. The van der Waals surface area contributed by atoms with Crippen LogP contribution in [0, 0.1) is 0 Å². The molecule has 5 heteroatoms. The number of amides is 1. The third-order valence-corrected chi connectivity index (χ3v) is 2.33. The van der Waals surface area contributed by atoms with Gasteiger partial charge in [0.25, 0.3) is 0 Å². The summed E-state index contributed by atoms with van der Waals surface area (Å²) in [6.45, 7) is 5.08. The lowest BCUT2D eigenvalue weighted by Crippen LogP contribution is -2.52. The molecular weight excluding hydrogens is 274 g/mol. The molecule has 1 atom stereocenters. The van der Waals surface area contributed by atoms with E-state index < -0.39 is 11.5 Å². The highest BCUT2D eigenvalue weighted by molar-refractivity contribution is 9.09. The molecule has 0 aromatic rings. The first-order valence-corrected chi connectivity index (χ1v) is 6.25. The van der Waals surface area contributed by atoms with E-state index in [0.717, 1.165) is 0 Å². The van der Waals surface area contributed by atoms with Gasteiger partial charge in [0.1, 0.15) is 5.54 Å². The molecule has 92 valence electrons. The third-order valence-electron chi connectivity index (χ3n) is 1.96. The van der Waals surface area contributed by atoms with Crippen molar-refractivity contribution in [3.05, 3.63) is 12.2 Å². The SMILES string of the molecule is CCOC(=O)C(C)(C/C=C/CBr)NC(C)=O. The van der Waals surface area contributed by atoms with Crippen molar-refractivity contribution < 1.29 is 14.3 Å². The number of nitrogens with one attached hydrogen (secondary N) is 1. The van der Waals surface area contributed by atoms with Gasteiger partial charge >= 0.3 is 5.97 Å². The van der Waals surface area contributed by atoms with Crippen LogP contribution in [-0.2, 0) is 14.3 Å². The zero-order valence-corrected chi connectivity index (χ0v) is 11.5. The van der Waals surface area contributed by atoms with E-state index >= 15 is 0 Å². The molecule has 0 aromatic heterocycles. The van der Waals surface area contributed by atoms with Crippen molar-refractivity contribution in [2.24, 2.45) is 0 Å². The first kappa shape index (κ1) is 15.2. The molecule has 0 aromatic carbocycles. The highest BCUT2D eigenvalue weighted by Crippen LogP contribution is 2.13. The largest absolute Gasteiger partial charge is 0.464 e. The van der Waals surface area contributed by atoms with Crippen LogP contribution in [0.1, 0.15) is 27.2 Å². The molecule has 16 heavy (non-hydrogen) atoms. The van der Waals surface area contributed by atoms with Crippen LogP contribution in [-0.4, -0.2) is 29.4 Å². The van der Waals surface area contributed by atoms with Gasteiger partial charge in [-0.3, -0.25) is 4.79 Å². The van der Waals surface area contributed by atoms with Crippen LogP contribution < -0.4 is 5.32 Å². The Balaban J connectivity index is 4.65. The lowest BCUT2D eigenvalue weighted by atomic mass is 9.97. The van der Waals surface area contributed by atoms with Gasteiger partial charge in [-0.25, -0.2) is 4.79 Å². The minimum Gasteiger partial charge on any atom is -0.464 e. The molecule has 0 bridgehead atoms. The number of ether oxygens (including phenoxy) is 1. The first-order chi connectivity index (χ1) is 7.46. The summed E-state index contributed by atoms with van der Waals surface area (Å²) in [5.41, 5.74) is -0.986. The smallest absolute Gasteiger partial charge is 0.331 e. The maximum Gasteiger partial charge on any atom is 0.331 e. The Kier molecular flexibility index (Phi) is 7.05.